The molecule has 0 radical (unpaired) electrons. The Hall–Kier alpha value is -2.68. The van der Waals surface area contributed by atoms with Crippen LogP contribution in [0.4, 0.5) is 0 Å². The number of ether oxygens (including phenoxy) is 2. The third-order valence-corrected chi connectivity index (χ3v) is 3.59. The van der Waals surface area contributed by atoms with Crippen molar-refractivity contribution in [3.05, 3.63) is 35.5 Å². The van der Waals surface area contributed by atoms with Crippen LogP contribution in [0.15, 0.2) is 30.0 Å². The van der Waals surface area contributed by atoms with Gasteiger partial charge in [0, 0.05) is 25.8 Å². The predicted octanol–water partition coefficient (Wildman–Crippen LogP) is 2.56. The summed E-state index contributed by atoms with van der Waals surface area (Å²) in [5.41, 5.74) is 1.02. The Morgan fingerprint density at radius 2 is 2.00 bits per heavy atom. The quantitative estimate of drug-likeness (QED) is 0.586. The molecule has 1 aliphatic rings. The summed E-state index contributed by atoms with van der Waals surface area (Å²) in [4.78, 5) is 14.3. The third kappa shape index (κ3) is 4.66. The van der Waals surface area contributed by atoms with E-state index in [0.717, 1.165) is 31.5 Å². The summed E-state index contributed by atoms with van der Waals surface area (Å²) in [6.45, 7) is 6.35. The van der Waals surface area contributed by atoms with Gasteiger partial charge in [-0.2, -0.15) is 5.26 Å². The standard InChI is InChI=1S/C18H23N3O3/c1-3-7-21(8-4-2)12-15(10-19)18(22)20-11-14-5-6-16-17(9-14)24-13-23-16/h5-6,9,12H,3-4,7-8,11,13H2,1-2H3,(H,20,22)/b15-12-. The average molecular weight is 329 g/mol. The van der Waals surface area contributed by atoms with E-state index in [2.05, 4.69) is 19.2 Å². The van der Waals surface area contributed by atoms with Gasteiger partial charge in [-0.3, -0.25) is 4.79 Å². The number of nitriles is 1. The lowest BCUT2D eigenvalue weighted by atomic mass is 10.2. The van der Waals surface area contributed by atoms with Crippen LogP contribution in [0.1, 0.15) is 32.3 Å². The number of nitrogens with zero attached hydrogens (tertiary/aromatic N) is 2. The Bertz CT molecular complexity index is 643. The molecule has 1 aromatic rings. The lowest BCUT2D eigenvalue weighted by Gasteiger charge is -2.19. The van der Waals surface area contributed by atoms with Gasteiger partial charge in [0.05, 0.1) is 0 Å². The number of carbonyl (C=O) groups excluding carboxylic acids is 1. The van der Waals surface area contributed by atoms with Gasteiger partial charge in [0.1, 0.15) is 11.6 Å². The van der Waals surface area contributed by atoms with Crippen molar-refractivity contribution in [1.82, 2.24) is 10.2 Å². The molecule has 0 aliphatic carbocycles. The van der Waals surface area contributed by atoms with E-state index in [-0.39, 0.29) is 18.3 Å². The van der Waals surface area contributed by atoms with Crippen LogP contribution in [-0.2, 0) is 11.3 Å². The first-order valence-corrected chi connectivity index (χ1v) is 8.20. The second kappa shape index (κ2) is 8.82. The lowest BCUT2D eigenvalue weighted by molar-refractivity contribution is -0.117. The number of benzene rings is 1. The van der Waals surface area contributed by atoms with Crippen molar-refractivity contribution in [2.75, 3.05) is 19.9 Å². The number of amides is 1. The zero-order valence-corrected chi connectivity index (χ0v) is 14.2. The predicted molar refractivity (Wildman–Crippen MR) is 90.3 cm³/mol. The molecular weight excluding hydrogens is 306 g/mol. The van der Waals surface area contributed by atoms with Gasteiger partial charge in [-0.05, 0) is 30.5 Å². The van der Waals surface area contributed by atoms with E-state index in [0.29, 0.717) is 18.0 Å². The van der Waals surface area contributed by atoms with Crippen molar-refractivity contribution in [1.29, 1.82) is 5.26 Å². The molecule has 1 amide bonds. The monoisotopic (exact) mass is 329 g/mol. The molecule has 6 nitrogen and oxygen atoms in total. The average Bonchev–Trinajstić information content (AvgIpc) is 3.05. The summed E-state index contributed by atoms with van der Waals surface area (Å²) < 4.78 is 10.6. The Balaban J connectivity index is 1.97. The summed E-state index contributed by atoms with van der Waals surface area (Å²) in [5.74, 6) is 1.01. The van der Waals surface area contributed by atoms with Crippen molar-refractivity contribution >= 4 is 5.91 Å². The number of hydrogen-bond acceptors (Lipinski definition) is 5. The summed E-state index contributed by atoms with van der Waals surface area (Å²) >= 11 is 0. The van der Waals surface area contributed by atoms with E-state index in [4.69, 9.17) is 9.47 Å². The first kappa shape index (κ1) is 17.7. The lowest BCUT2D eigenvalue weighted by Crippen LogP contribution is -2.27. The molecule has 0 spiro atoms. The third-order valence-electron chi connectivity index (χ3n) is 3.59. The van der Waals surface area contributed by atoms with Crippen molar-refractivity contribution in [2.24, 2.45) is 0 Å². The zero-order chi connectivity index (χ0) is 17.4. The largest absolute Gasteiger partial charge is 0.454 e. The molecule has 0 saturated carbocycles. The number of carbonyl (C=O) groups is 1. The highest BCUT2D eigenvalue weighted by Crippen LogP contribution is 2.32. The summed E-state index contributed by atoms with van der Waals surface area (Å²) in [6.07, 6.45) is 3.59. The number of rotatable bonds is 8. The minimum Gasteiger partial charge on any atom is -0.454 e. The summed E-state index contributed by atoms with van der Waals surface area (Å²) in [5, 5.41) is 12.0. The molecule has 128 valence electrons. The van der Waals surface area contributed by atoms with Crippen LogP contribution < -0.4 is 14.8 Å². The van der Waals surface area contributed by atoms with Gasteiger partial charge >= 0.3 is 0 Å². The van der Waals surface area contributed by atoms with Crippen molar-refractivity contribution in [3.63, 3.8) is 0 Å². The molecule has 0 saturated heterocycles. The summed E-state index contributed by atoms with van der Waals surface area (Å²) in [7, 11) is 0. The van der Waals surface area contributed by atoms with Crippen LogP contribution >= 0.6 is 0 Å². The Morgan fingerprint density at radius 1 is 1.29 bits per heavy atom. The van der Waals surface area contributed by atoms with E-state index in [1.165, 1.54) is 0 Å². The Kier molecular flexibility index (Phi) is 6.50. The molecule has 0 bridgehead atoms. The molecule has 2 rings (SSSR count). The van der Waals surface area contributed by atoms with Gasteiger partial charge in [-0.25, -0.2) is 0 Å². The van der Waals surface area contributed by atoms with Crippen LogP contribution in [0, 0.1) is 11.3 Å². The summed E-state index contributed by atoms with van der Waals surface area (Å²) in [6, 6.07) is 7.50. The fraction of sp³-hybridized carbons (Fsp3) is 0.444. The molecule has 0 atom stereocenters. The second-order valence-corrected chi connectivity index (χ2v) is 5.56. The molecule has 0 unspecified atom stereocenters. The highest BCUT2D eigenvalue weighted by molar-refractivity contribution is 5.97. The van der Waals surface area contributed by atoms with Crippen LogP contribution in [0.25, 0.3) is 0 Å². The van der Waals surface area contributed by atoms with Crippen molar-refractivity contribution < 1.29 is 14.3 Å². The molecule has 0 fully saturated rings. The molecule has 1 heterocycles. The van der Waals surface area contributed by atoms with Gasteiger partial charge in [0.2, 0.25) is 6.79 Å². The fourth-order valence-corrected chi connectivity index (χ4v) is 2.46. The fourth-order valence-electron chi connectivity index (χ4n) is 2.46. The molecule has 0 aromatic heterocycles. The van der Waals surface area contributed by atoms with E-state index in [1.807, 2.05) is 29.2 Å². The first-order valence-electron chi connectivity index (χ1n) is 8.20. The van der Waals surface area contributed by atoms with Crippen LogP contribution in [0.3, 0.4) is 0 Å². The van der Waals surface area contributed by atoms with Crippen LogP contribution in [0.2, 0.25) is 0 Å². The SMILES string of the molecule is CCCN(/C=C(/C#N)C(=O)NCc1ccc2c(c1)OCO2)CCC. The van der Waals surface area contributed by atoms with Gasteiger partial charge in [-0.15, -0.1) is 0 Å². The minimum atomic E-state index is -0.368. The molecule has 1 aromatic carbocycles. The molecule has 1 N–H and O–H groups in total. The van der Waals surface area contributed by atoms with Gasteiger partial charge < -0.3 is 19.7 Å². The normalized spacial score (nSPS) is 12.6. The van der Waals surface area contributed by atoms with E-state index < -0.39 is 0 Å². The maximum absolute atomic E-state index is 12.2. The number of hydrogen-bond donors (Lipinski definition) is 1. The molecular formula is C18H23N3O3. The van der Waals surface area contributed by atoms with Crippen LogP contribution in [0.5, 0.6) is 11.5 Å². The molecule has 6 heteroatoms. The highest BCUT2D eigenvalue weighted by atomic mass is 16.7. The topological polar surface area (TPSA) is 74.6 Å². The minimum absolute atomic E-state index is 0.123. The second-order valence-electron chi connectivity index (χ2n) is 5.56. The highest BCUT2D eigenvalue weighted by Gasteiger charge is 2.14. The zero-order valence-electron chi connectivity index (χ0n) is 14.2. The van der Waals surface area contributed by atoms with E-state index >= 15 is 0 Å². The van der Waals surface area contributed by atoms with Gasteiger partial charge in [0.15, 0.2) is 11.5 Å². The van der Waals surface area contributed by atoms with Gasteiger partial charge in [0.25, 0.3) is 5.91 Å². The number of nitrogens with one attached hydrogen (secondary N) is 1. The van der Waals surface area contributed by atoms with Crippen molar-refractivity contribution in [2.45, 2.75) is 33.2 Å². The maximum atomic E-state index is 12.2. The number of fused-ring (bicyclic) bond motifs is 1. The Morgan fingerprint density at radius 3 is 2.67 bits per heavy atom. The van der Waals surface area contributed by atoms with E-state index in [1.54, 1.807) is 6.20 Å². The van der Waals surface area contributed by atoms with E-state index in [9.17, 15) is 10.1 Å². The van der Waals surface area contributed by atoms with Gasteiger partial charge in [-0.1, -0.05) is 19.9 Å². The van der Waals surface area contributed by atoms with Crippen LogP contribution in [-0.4, -0.2) is 30.7 Å². The van der Waals surface area contributed by atoms with Crippen molar-refractivity contribution in [3.8, 4) is 17.6 Å². The molecule has 24 heavy (non-hydrogen) atoms. The Labute approximate surface area is 142 Å². The molecule has 1 aliphatic heterocycles. The first-order chi connectivity index (χ1) is 11.7. The smallest absolute Gasteiger partial charge is 0.263 e. The maximum Gasteiger partial charge on any atom is 0.263 e.